The minimum absolute atomic E-state index is 0.159. The maximum atomic E-state index is 13.0. The Kier molecular flexibility index (Phi) is 8.20. The van der Waals surface area contributed by atoms with Gasteiger partial charge < -0.3 is 9.80 Å². The van der Waals surface area contributed by atoms with Crippen LogP contribution in [-0.2, 0) is 13.1 Å². The van der Waals surface area contributed by atoms with E-state index in [1.807, 2.05) is 12.4 Å². The van der Waals surface area contributed by atoms with Gasteiger partial charge in [-0.2, -0.15) is 0 Å². The molecule has 1 heterocycles. The van der Waals surface area contributed by atoms with Crippen LogP contribution < -0.4 is 9.80 Å². The molecule has 0 atom stereocenters. The molecule has 0 spiro atoms. The zero-order valence-electron chi connectivity index (χ0n) is 22.3. The summed E-state index contributed by atoms with van der Waals surface area (Å²) in [6.07, 6.45) is 6.81. The molecular weight excluding hydrogens is 539 g/mol. The Bertz CT molecular complexity index is 1530. The second kappa shape index (κ2) is 12.0. The summed E-state index contributed by atoms with van der Waals surface area (Å²) in [6.45, 7) is 5.17. The summed E-state index contributed by atoms with van der Waals surface area (Å²) in [5.41, 5.74) is 7.27. The van der Waals surface area contributed by atoms with Gasteiger partial charge in [0.05, 0.1) is 10.0 Å². The van der Waals surface area contributed by atoms with E-state index in [-0.39, 0.29) is 11.6 Å². The van der Waals surface area contributed by atoms with Gasteiger partial charge in [-0.05, 0) is 61.4 Å². The fourth-order valence-electron chi connectivity index (χ4n) is 4.86. The van der Waals surface area contributed by atoms with E-state index >= 15 is 0 Å². The summed E-state index contributed by atoms with van der Waals surface area (Å²) in [5.74, 6) is -0.318. The van der Waals surface area contributed by atoms with E-state index in [1.54, 1.807) is 60.7 Å². The summed E-state index contributed by atoms with van der Waals surface area (Å²) in [7, 11) is 0. The van der Waals surface area contributed by atoms with Gasteiger partial charge in [-0.1, -0.05) is 82.9 Å². The molecule has 0 aromatic heterocycles. The van der Waals surface area contributed by atoms with Crippen LogP contribution in [0.15, 0.2) is 109 Å². The molecule has 0 aliphatic carbocycles. The van der Waals surface area contributed by atoms with Crippen molar-refractivity contribution < 1.29 is 9.59 Å². The van der Waals surface area contributed by atoms with Crippen molar-refractivity contribution in [2.45, 2.75) is 26.9 Å². The minimum atomic E-state index is -0.159. The Balaban J connectivity index is 1.54. The van der Waals surface area contributed by atoms with E-state index in [2.05, 4.69) is 60.0 Å². The highest BCUT2D eigenvalue weighted by Crippen LogP contribution is 2.34. The molecular formula is C34H28Cl2N2O2. The number of fused-ring (bicyclic) bond motifs is 2. The van der Waals surface area contributed by atoms with E-state index in [9.17, 15) is 9.59 Å². The van der Waals surface area contributed by atoms with Crippen LogP contribution in [0.4, 0.5) is 11.4 Å². The lowest BCUT2D eigenvalue weighted by Crippen LogP contribution is -2.27. The van der Waals surface area contributed by atoms with Gasteiger partial charge in [0.2, 0.25) is 0 Å². The fraction of sp³-hybridized carbons (Fsp3) is 0.118. The first-order valence-corrected chi connectivity index (χ1v) is 13.7. The van der Waals surface area contributed by atoms with Gasteiger partial charge in [0.15, 0.2) is 11.6 Å². The number of rotatable bonds is 6. The lowest BCUT2D eigenvalue weighted by molar-refractivity contribution is 0.103. The van der Waals surface area contributed by atoms with Gasteiger partial charge in [-0.15, -0.1) is 0 Å². The number of carbonyl (C=O) groups is 2. The van der Waals surface area contributed by atoms with E-state index in [0.29, 0.717) is 34.3 Å². The normalized spacial score (nSPS) is 13.2. The molecule has 0 saturated carbocycles. The molecule has 0 N–H and O–H groups in total. The second-order valence-corrected chi connectivity index (χ2v) is 10.7. The summed E-state index contributed by atoms with van der Waals surface area (Å²) < 4.78 is 0. The molecule has 0 fully saturated rings. The highest BCUT2D eigenvalue weighted by Gasteiger charge is 2.21. The summed E-state index contributed by atoms with van der Waals surface area (Å²) in [6, 6.07) is 26.7. The molecule has 0 saturated heterocycles. The molecule has 4 nitrogen and oxygen atoms in total. The summed E-state index contributed by atoms with van der Waals surface area (Å²) >= 11 is 12.6. The van der Waals surface area contributed by atoms with Crippen LogP contribution in [0.5, 0.6) is 0 Å². The maximum Gasteiger partial charge on any atom is 0.188 e. The number of halogens is 2. The van der Waals surface area contributed by atoms with Crippen molar-refractivity contribution in [3.05, 3.63) is 153 Å². The molecule has 1 aliphatic rings. The van der Waals surface area contributed by atoms with Gasteiger partial charge in [0.1, 0.15) is 0 Å². The van der Waals surface area contributed by atoms with E-state index < -0.39 is 0 Å². The quantitative estimate of drug-likeness (QED) is 0.173. The topological polar surface area (TPSA) is 40.6 Å². The van der Waals surface area contributed by atoms with Crippen LogP contribution >= 0.6 is 23.2 Å². The van der Waals surface area contributed by atoms with Crippen molar-refractivity contribution in [1.29, 1.82) is 0 Å². The molecule has 40 heavy (non-hydrogen) atoms. The first kappa shape index (κ1) is 27.4. The van der Waals surface area contributed by atoms with Gasteiger partial charge in [0, 0.05) is 60.1 Å². The summed E-state index contributed by atoms with van der Waals surface area (Å²) in [5, 5.41) is 0.853. The number of hydrogen-bond acceptors (Lipinski definition) is 4. The van der Waals surface area contributed by atoms with Crippen molar-refractivity contribution >= 4 is 46.1 Å². The molecule has 6 heteroatoms. The second-order valence-electron chi connectivity index (χ2n) is 9.84. The Morgan fingerprint density at radius 3 is 1.43 bits per heavy atom. The molecule has 1 aliphatic heterocycles. The van der Waals surface area contributed by atoms with Crippen LogP contribution in [0, 0.1) is 13.8 Å². The zero-order valence-corrected chi connectivity index (χ0v) is 23.8. The van der Waals surface area contributed by atoms with Crippen molar-refractivity contribution in [2.75, 3.05) is 9.80 Å². The molecule has 0 unspecified atom stereocenters. The Hall–Kier alpha value is -4.12. The largest absolute Gasteiger partial charge is 0.343 e. The molecule has 4 aromatic carbocycles. The first-order valence-electron chi connectivity index (χ1n) is 13.0. The average molecular weight is 568 g/mol. The van der Waals surface area contributed by atoms with E-state index in [0.717, 1.165) is 33.6 Å². The third-order valence-corrected chi connectivity index (χ3v) is 7.52. The smallest absolute Gasteiger partial charge is 0.188 e. The van der Waals surface area contributed by atoms with Crippen LogP contribution in [0.2, 0.25) is 10.0 Å². The fourth-order valence-corrected chi connectivity index (χ4v) is 5.32. The number of anilines is 2. The molecule has 5 rings (SSSR count). The van der Waals surface area contributed by atoms with Crippen LogP contribution in [0.1, 0.15) is 43.0 Å². The Morgan fingerprint density at radius 1 is 0.625 bits per heavy atom. The van der Waals surface area contributed by atoms with Gasteiger partial charge in [-0.25, -0.2) is 0 Å². The number of benzene rings is 4. The SMILES string of the molecule is Cc1ccc2c(c1)CN(/C=C/C(=O)c1ccccc1Cl)c1ccc(C)cc1CN2/C=C/C(=O)c1ccccc1Cl. The molecule has 0 bridgehead atoms. The highest BCUT2D eigenvalue weighted by atomic mass is 35.5. The van der Waals surface area contributed by atoms with Crippen molar-refractivity contribution in [2.24, 2.45) is 0 Å². The molecule has 0 radical (unpaired) electrons. The maximum absolute atomic E-state index is 13.0. The van der Waals surface area contributed by atoms with E-state index in [4.69, 9.17) is 23.2 Å². The predicted octanol–water partition coefficient (Wildman–Crippen LogP) is 8.73. The van der Waals surface area contributed by atoms with E-state index in [1.165, 1.54) is 0 Å². The summed E-state index contributed by atoms with van der Waals surface area (Å²) in [4.78, 5) is 30.2. The number of aryl methyl sites for hydroxylation is 2. The predicted molar refractivity (Wildman–Crippen MR) is 165 cm³/mol. The lowest BCUT2D eigenvalue weighted by atomic mass is 10.0. The number of allylic oxidation sites excluding steroid dienone is 2. The van der Waals surface area contributed by atoms with Gasteiger partial charge >= 0.3 is 0 Å². The van der Waals surface area contributed by atoms with Crippen LogP contribution in [0.3, 0.4) is 0 Å². The van der Waals surface area contributed by atoms with Gasteiger partial charge in [-0.3, -0.25) is 9.59 Å². The monoisotopic (exact) mass is 566 g/mol. The van der Waals surface area contributed by atoms with Crippen LogP contribution in [0.25, 0.3) is 0 Å². The van der Waals surface area contributed by atoms with Crippen molar-refractivity contribution in [3.8, 4) is 0 Å². The number of nitrogens with zero attached hydrogens (tertiary/aromatic N) is 2. The average Bonchev–Trinajstić information content (AvgIpc) is 2.93. The zero-order chi connectivity index (χ0) is 28.2. The number of ketones is 2. The highest BCUT2D eigenvalue weighted by molar-refractivity contribution is 6.35. The lowest BCUT2D eigenvalue weighted by Gasteiger charge is -2.33. The molecule has 200 valence electrons. The van der Waals surface area contributed by atoms with Crippen molar-refractivity contribution in [1.82, 2.24) is 0 Å². The van der Waals surface area contributed by atoms with Crippen LogP contribution in [-0.4, -0.2) is 11.6 Å². The number of hydrogen-bond donors (Lipinski definition) is 0. The standard InChI is InChI=1S/C34H28Cl2N2O2/c1-23-11-13-31-25(19-23)21-37(17-15-33(39)27-7-3-5-9-29(27)35)32-14-12-24(2)20-26(32)22-38(31)18-16-34(40)28-8-4-6-10-30(28)36/h3-20H,21-22H2,1-2H3/b17-15+,18-16+. The third-order valence-electron chi connectivity index (χ3n) is 6.86. The van der Waals surface area contributed by atoms with Crippen molar-refractivity contribution in [3.63, 3.8) is 0 Å². The van der Waals surface area contributed by atoms with Gasteiger partial charge in [0.25, 0.3) is 0 Å². The Labute approximate surface area is 244 Å². The first-order chi connectivity index (χ1) is 19.3. The third kappa shape index (κ3) is 6.04. The molecule has 4 aromatic rings. The Morgan fingerprint density at radius 2 is 1.02 bits per heavy atom. The minimum Gasteiger partial charge on any atom is -0.343 e. The molecule has 0 amide bonds. The number of carbonyl (C=O) groups excluding carboxylic acids is 2.